The smallest absolute Gasteiger partial charge is 0.321 e. The highest BCUT2D eigenvalue weighted by Gasteiger charge is 2.21. The van der Waals surface area contributed by atoms with Crippen molar-refractivity contribution >= 4 is 23.7 Å². The van der Waals surface area contributed by atoms with E-state index in [-0.39, 0.29) is 23.6 Å². The molecule has 1 aromatic carbocycles. The Hall–Kier alpha value is -3.20. The first-order chi connectivity index (χ1) is 16.5. The molecule has 0 spiro atoms. The SMILES string of the molecule is CC(C)c1ccccc1-n1c(SCC(=O)NC(=O)NC2CCCCC2)nnc1-c1cccnc1. The maximum atomic E-state index is 12.5. The van der Waals surface area contributed by atoms with E-state index in [1.807, 2.05) is 34.9 Å². The minimum absolute atomic E-state index is 0.0487. The largest absolute Gasteiger partial charge is 0.335 e. The average Bonchev–Trinajstić information content (AvgIpc) is 3.27. The lowest BCUT2D eigenvalue weighted by molar-refractivity contribution is -0.117. The maximum absolute atomic E-state index is 12.5. The monoisotopic (exact) mass is 478 g/mol. The summed E-state index contributed by atoms with van der Waals surface area (Å²) in [5.74, 6) is 0.615. The van der Waals surface area contributed by atoms with Crippen LogP contribution in [0.4, 0.5) is 4.79 Å². The molecule has 3 amide bonds. The van der Waals surface area contributed by atoms with Gasteiger partial charge in [-0.25, -0.2) is 4.79 Å². The molecule has 178 valence electrons. The van der Waals surface area contributed by atoms with Gasteiger partial charge in [0.2, 0.25) is 5.91 Å². The highest BCUT2D eigenvalue weighted by molar-refractivity contribution is 7.99. The summed E-state index contributed by atoms with van der Waals surface area (Å²) in [7, 11) is 0. The van der Waals surface area contributed by atoms with Crippen LogP contribution >= 0.6 is 11.8 Å². The summed E-state index contributed by atoms with van der Waals surface area (Å²) in [5, 5.41) is 14.7. The maximum Gasteiger partial charge on any atom is 0.321 e. The second-order valence-electron chi connectivity index (χ2n) is 8.74. The van der Waals surface area contributed by atoms with Crippen LogP contribution in [-0.2, 0) is 4.79 Å². The van der Waals surface area contributed by atoms with E-state index >= 15 is 0 Å². The number of thioether (sulfide) groups is 1. The predicted octanol–water partition coefficient (Wildman–Crippen LogP) is 4.70. The number of hydrogen-bond donors (Lipinski definition) is 2. The van der Waals surface area contributed by atoms with Crippen molar-refractivity contribution in [3.05, 3.63) is 54.4 Å². The lowest BCUT2D eigenvalue weighted by Gasteiger charge is -2.22. The van der Waals surface area contributed by atoms with Crippen molar-refractivity contribution in [1.82, 2.24) is 30.4 Å². The number of nitrogens with one attached hydrogen (secondary N) is 2. The number of hydrogen-bond acceptors (Lipinski definition) is 6. The van der Waals surface area contributed by atoms with Crippen LogP contribution in [0.5, 0.6) is 0 Å². The first-order valence-electron chi connectivity index (χ1n) is 11.7. The van der Waals surface area contributed by atoms with Crippen molar-refractivity contribution in [1.29, 1.82) is 0 Å². The Kier molecular flexibility index (Phi) is 7.95. The van der Waals surface area contributed by atoms with Crippen molar-refractivity contribution in [2.24, 2.45) is 0 Å². The van der Waals surface area contributed by atoms with Crippen LogP contribution < -0.4 is 10.6 Å². The first-order valence-corrected chi connectivity index (χ1v) is 12.7. The molecule has 1 aliphatic rings. The summed E-state index contributed by atoms with van der Waals surface area (Å²) < 4.78 is 1.96. The summed E-state index contributed by atoms with van der Waals surface area (Å²) in [6.45, 7) is 4.27. The van der Waals surface area contributed by atoms with Crippen LogP contribution in [0, 0.1) is 0 Å². The lowest BCUT2D eigenvalue weighted by atomic mass is 9.96. The van der Waals surface area contributed by atoms with Gasteiger partial charge < -0.3 is 5.32 Å². The zero-order chi connectivity index (χ0) is 23.9. The van der Waals surface area contributed by atoms with Crippen LogP contribution in [0.2, 0.25) is 0 Å². The summed E-state index contributed by atoms with van der Waals surface area (Å²) in [6, 6.07) is 11.6. The third-order valence-corrected chi connectivity index (χ3v) is 6.81. The van der Waals surface area contributed by atoms with Crippen molar-refractivity contribution in [2.75, 3.05) is 5.75 Å². The van der Waals surface area contributed by atoms with E-state index in [1.165, 1.54) is 18.2 Å². The van der Waals surface area contributed by atoms with Crippen LogP contribution in [0.1, 0.15) is 57.4 Å². The first kappa shape index (κ1) is 23.9. The normalized spacial score (nSPS) is 14.2. The quantitative estimate of drug-likeness (QED) is 0.477. The highest BCUT2D eigenvalue weighted by atomic mass is 32.2. The number of urea groups is 1. The van der Waals surface area contributed by atoms with Crippen LogP contribution in [0.15, 0.2) is 53.9 Å². The van der Waals surface area contributed by atoms with Gasteiger partial charge in [-0.3, -0.25) is 19.7 Å². The molecule has 2 aromatic heterocycles. The fourth-order valence-electron chi connectivity index (χ4n) is 4.20. The molecule has 4 rings (SSSR count). The van der Waals surface area contributed by atoms with Crippen molar-refractivity contribution in [3.63, 3.8) is 0 Å². The summed E-state index contributed by atoms with van der Waals surface area (Å²) in [4.78, 5) is 29.0. The van der Waals surface area contributed by atoms with E-state index in [2.05, 4.69) is 45.7 Å². The Morgan fingerprint density at radius 2 is 1.88 bits per heavy atom. The molecule has 2 N–H and O–H groups in total. The van der Waals surface area contributed by atoms with Gasteiger partial charge in [0.15, 0.2) is 11.0 Å². The van der Waals surface area contributed by atoms with Gasteiger partial charge in [-0.15, -0.1) is 10.2 Å². The summed E-state index contributed by atoms with van der Waals surface area (Å²) >= 11 is 1.25. The number of pyridine rings is 1. The zero-order valence-electron chi connectivity index (χ0n) is 19.5. The van der Waals surface area contributed by atoms with Gasteiger partial charge in [0.25, 0.3) is 0 Å². The fourth-order valence-corrected chi connectivity index (χ4v) is 4.95. The minimum Gasteiger partial charge on any atom is -0.335 e. The number of carbonyl (C=O) groups excluding carboxylic acids is 2. The molecule has 0 unspecified atom stereocenters. The molecule has 34 heavy (non-hydrogen) atoms. The second-order valence-corrected chi connectivity index (χ2v) is 9.68. The van der Waals surface area contributed by atoms with Gasteiger partial charge in [0, 0.05) is 24.0 Å². The summed E-state index contributed by atoms with van der Waals surface area (Å²) in [6.07, 6.45) is 8.82. The Morgan fingerprint density at radius 3 is 2.62 bits per heavy atom. The molecule has 0 aliphatic heterocycles. The summed E-state index contributed by atoms with van der Waals surface area (Å²) in [5.41, 5.74) is 2.93. The molecule has 1 saturated carbocycles. The third-order valence-electron chi connectivity index (χ3n) is 5.88. The van der Waals surface area contributed by atoms with Gasteiger partial charge in [0.05, 0.1) is 11.4 Å². The number of nitrogens with zero attached hydrogens (tertiary/aromatic N) is 4. The molecule has 9 heteroatoms. The zero-order valence-corrected chi connectivity index (χ0v) is 20.3. The third kappa shape index (κ3) is 5.83. The molecular formula is C25H30N6O2S. The lowest BCUT2D eigenvalue weighted by Crippen LogP contribution is -2.45. The van der Waals surface area contributed by atoms with E-state index in [4.69, 9.17) is 0 Å². The minimum atomic E-state index is -0.430. The molecule has 2 heterocycles. The van der Waals surface area contributed by atoms with E-state index in [9.17, 15) is 9.59 Å². The molecule has 0 radical (unpaired) electrons. The number of imide groups is 1. The van der Waals surface area contributed by atoms with Crippen LogP contribution in [0.3, 0.4) is 0 Å². The molecule has 0 atom stereocenters. The predicted molar refractivity (Wildman–Crippen MR) is 133 cm³/mol. The van der Waals surface area contributed by atoms with Gasteiger partial charge >= 0.3 is 6.03 Å². The number of aromatic nitrogens is 4. The molecule has 3 aromatic rings. The van der Waals surface area contributed by atoms with Gasteiger partial charge in [-0.1, -0.05) is 63.1 Å². The van der Waals surface area contributed by atoms with Crippen LogP contribution in [-0.4, -0.2) is 43.5 Å². The second kappa shape index (κ2) is 11.3. The van der Waals surface area contributed by atoms with Gasteiger partial charge in [-0.2, -0.15) is 0 Å². The van der Waals surface area contributed by atoms with Crippen molar-refractivity contribution in [2.45, 2.75) is 63.1 Å². The standard InChI is InChI=1S/C25H30N6O2S/c1-17(2)20-12-6-7-13-21(20)31-23(18-9-8-14-26-15-18)29-30-25(31)34-16-22(32)28-24(33)27-19-10-4-3-5-11-19/h6-9,12-15,17,19H,3-5,10-11,16H2,1-2H3,(H2,27,28,32,33). The number of benzene rings is 1. The van der Waals surface area contributed by atoms with E-state index in [0.717, 1.165) is 42.5 Å². The van der Waals surface area contributed by atoms with Gasteiger partial charge in [0.1, 0.15) is 0 Å². The fraction of sp³-hybridized carbons (Fsp3) is 0.400. The van der Waals surface area contributed by atoms with Crippen molar-refractivity contribution < 1.29 is 9.59 Å². The van der Waals surface area contributed by atoms with Crippen LogP contribution in [0.25, 0.3) is 17.1 Å². The van der Waals surface area contributed by atoms with E-state index < -0.39 is 6.03 Å². The Balaban J connectivity index is 1.52. The number of amides is 3. The average molecular weight is 479 g/mol. The topological polar surface area (TPSA) is 102 Å². The molecule has 0 bridgehead atoms. The number of para-hydroxylation sites is 1. The molecule has 8 nitrogen and oxygen atoms in total. The Morgan fingerprint density at radius 1 is 1.09 bits per heavy atom. The Labute approximate surface area is 204 Å². The highest BCUT2D eigenvalue weighted by Crippen LogP contribution is 2.31. The van der Waals surface area contributed by atoms with Crippen molar-refractivity contribution in [3.8, 4) is 17.1 Å². The number of carbonyl (C=O) groups is 2. The molecule has 1 aliphatic carbocycles. The molecule has 1 fully saturated rings. The van der Waals surface area contributed by atoms with E-state index in [1.54, 1.807) is 12.4 Å². The molecular weight excluding hydrogens is 448 g/mol. The van der Waals surface area contributed by atoms with Gasteiger partial charge in [-0.05, 0) is 42.5 Å². The Bertz CT molecular complexity index is 1130. The van der Waals surface area contributed by atoms with E-state index in [0.29, 0.717) is 11.0 Å². The molecule has 0 saturated heterocycles. The number of rotatable bonds is 7.